The Labute approximate surface area is 153 Å². The van der Waals surface area contributed by atoms with Crippen LogP contribution < -0.4 is 40.2 Å². The average molecular weight is 315 g/mol. The zero-order valence-electron chi connectivity index (χ0n) is 14.7. The second-order valence-corrected chi connectivity index (χ2v) is 5.84. The Balaban J connectivity index is 0.00000242. The van der Waals surface area contributed by atoms with Crippen LogP contribution in [0.2, 0.25) is 0 Å². The van der Waals surface area contributed by atoms with E-state index in [-0.39, 0.29) is 48.4 Å². The Kier molecular flexibility index (Phi) is 6.15. The van der Waals surface area contributed by atoms with Crippen molar-refractivity contribution in [2.24, 2.45) is 5.92 Å². The molecule has 0 bridgehead atoms. The molecule has 2 atom stereocenters. The number of aryl methyl sites for hydroxylation is 1. The molecule has 3 N–H and O–H groups in total. The number of aromatic nitrogens is 1. The van der Waals surface area contributed by atoms with E-state index in [1.54, 1.807) is 12.3 Å². The molecule has 2 rings (SSSR count). The SMILES string of the molecule is CCc1cnc(C2NC(=O)C(C)(C(C)C)N2)c(C(=O)O)c1.[H-].[Na+]. The minimum Gasteiger partial charge on any atom is -1.00 e. The zero-order chi connectivity index (χ0) is 15.8. The maximum absolute atomic E-state index is 12.2. The summed E-state index contributed by atoms with van der Waals surface area (Å²) in [5.41, 5.74) is 0.593. The number of carbonyl (C=O) groups excluding carboxylic acids is 1. The maximum atomic E-state index is 12.2. The standard InChI is InChI=1S/C15H21N3O3.Na.H/c1-5-9-6-10(13(19)20)11(16-7-9)12-17-14(21)15(4,18-12)8(2)3;;/h6-8,12,18H,5H2,1-4H3,(H,17,21)(H,19,20);;/q;+1;-1. The minimum absolute atomic E-state index is 0. The van der Waals surface area contributed by atoms with Crippen LogP contribution >= 0.6 is 0 Å². The van der Waals surface area contributed by atoms with Gasteiger partial charge in [0, 0.05) is 6.20 Å². The van der Waals surface area contributed by atoms with Crippen LogP contribution in [-0.2, 0) is 11.2 Å². The molecule has 1 aromatic rings. The van der Waals surface area contributed by atoms with Crippen molar-refractivity contribution in [1.29, 1.82) is 0 Å². The molecule has 22 heavy (non-hydrogen) atoms. The Morgan fingerprint density at radius 1 is 1.55 bits per heavy atom. The Morgan fingerprint density at radius 3 is 2.64 bits per heavy atom. The van der Waals surface area contributed by atoms with E-state index < -0.39 is 17.7 Å². The number of hydrogen-bond donors (Lipinski definition) is 3. The second kappa shape index (κ2) is 7.08. The van der Waals surface area contributed by atoms with Crippen molar-refractivity contribution in [3.63, 3.8) is 0 Å². The fourth-order valence-corrected chi connectivity index (χ4v) is 2.36. The van der Waals surface area contributed by atoms with Crippen molar-refractivity contribution in [3.05, 3.63) is 29.1 Å². The number of pyridine rings is 1. The Morgan fingerprint density at radius 2 is 2.18 bits per heavy atom. The number of carbonyl (C=O) groups is 2. The van der Waals surface area contributed by atoms with Crippen molar-refractivity contribution in [2.75, 3.05) is 0 Å². The zero-order valence-corrected chi connectivity index (χ0v) is 15.7. The molecule has 0 saturated carbocycles. The molecule has 0 radical (unpaired) electrons. The number of hydrogen-bond acceptors (Lipinski definition) is 4. The molecule has 1 saturated heterocycles. The summed E-state index contributed by atoms with van der Waals surface area (Å²) in [5, 5.41) is 15.3. The number of nitrogens with zero attached hydrogens (tertiary/aromatic N) is 1. The van der Waals surface area contributed by atoms with Gasteiger partial charge in [-0.05, 0) is 30.9 Å². The van der Waals surface area contributed by atoms with Gasteiger partial charge in [0.2, 0.25) is 5.91 Å². The molecular formula is C15H22N3NaO3. The van der Waals surface area contributed by atoms with E-state index in [0.29, 0.717) is 12.1 Å². The number of nitrogens with one attached hydrogen (secondary N) is 2. The molecule has 7 heteroatoms. The number of rotatable bonds is 4. The van der Waals surface area contributed by atoms with E-state index in [4.69, 9.17) is 0 Å². The third-order valence-electron chi connectivity index (χ3n) is 4.23. The first-order valence-corrected chi connectivity index (χ1v) is 7.10. The van der Waals surface area contributed by atoms with E-state index in [9.17, 15) is 14.7 Å². The van der Waals surface area contributed by atoms with Gasteiger partial charge in [-0.3, -0.25) is 15.1 Å². The maximum Gasteiger partial charge on any atom is 1.00 e. The molecule has 2 heterocycles. The molecule has 0 spiro atoms. The van der Waals surface area contributed by atoms with Gasteiger partial charge in [0.15, 0.2) is 0 Å². The van der Waals surface area contributed by atoms with E-state index in [1.165, 1.54) is 0 Å². The van der Waals surface area contributed by atoms with Crippen LogP contribution in [0.1, 0.15) is 56.9 Å². The third kappa shape index (κ3) is 3.35. The third-order valence-corrected chi connectivity index (χ3v) is 4.23. The monoisotopic (exact) mass is 315 g/mol. The topological polar surface area (TPSA) is 91.3 Å². The van der Waals surface area contributed by atoms with E-state index in [0.717, 1.165) is 5.56 Å². The predicted molar refractivity (Wildman–Crippen MR) is 78.9 cm³/mol. The van der Waals surface area contributed by atoms with Crippen molar-refractivity contribution >= 4 is 11.9 Å². The van der Waals surface area contributed by atoms with Gasteiger partial charge < -0.3 is 11.8 Å². The van der Waals surface area contributed by atoms with E-state index in [1.807, 2.05) is 27.7 Å². The van der Waals surface area contributed by atoms with Crippen LogP contribution in [0.15, 0.2) is 12.3 Å². The molecule has 0 aliphatic carbocycles. The van der Waals surface area contributed by atoms with Gasteiger partial charge in [-0.2, -0.15) is 0 Å². The molecule has 116 valence electrons. The van der Waals surface area contributed by atoms with Gasteiger partial charge in [-0.1, -0.05) is 20.8 Å². The summed E-state index contributed by atoms with van der Waals surface area (Å²) < 4.78 is 0. The van der Waals surface area contributed by atoms with Gasteiger partial charge >= 0.3 is 35.5 Å². The van der Waals surface area contributed by atoms with Crippen LogP contribution in [0, 0.1) is 5.92 Å². The number of carboxylic acid groups (broad SMARTS) is 1. The van der Waals surface area contributed by atoms with Crippen LogP contribution in [-0.4, -0.2) is 27.5 Å². The number of aromatic carboxylic acids is 1. The molecule has 1 amide bonds. The summed E-state index contributed by atoms with van der Waals surface area (Å²) in [6.45, 7) is 7.64. The summed E-state index contributed by atoms with van der Waals surface area (Å²) in [6.07, 6.45) is 1.78. The summed E-state index contributed by atoms with van der Waals surface area (Å²) in [6, 6.07) is 1.61. The van der Waals surface area contributed by atoms with Gasteiger partial charge in [0.1, 0.15) is 6.17 Å². The largest absolute Gasteiger partial charge is 1.00 e. The van der Waals surface area contributed by atoms with Gasteiger partial charge in [0.25, 0.3) is 0 Å². The second-order valence-electron chi connectivity index (χ2n) is 5.84. The first-order chi connectivity index (χ1) is 9.79. The first kappa shape index (κ1) is 19.1. The molecule has 1 fully saturated rings. The average Bonchev–Trinajstić information content (AvgIpc) is 2.75. The summed E-state index contributed by atoms with van der Waals surface area (Å²) in [7, 11) is 0. The minimum atomic E-state index is -1.04. The summed E-state index contributed by atoms with van der Waals surface area (Å²) in [4.78, 5) is 27.9. The van der Waals surface area contributed by atoms with Crippen LogP contribution in [0.3, 0.4) is 0 Å². The Hall–Kier alpha value is -0.950. The van der Waals surface area contributed by atoms with Crippen LogP contribution in [0.25, 0.3) is 0 Å². The molecule has 2 unspecified atom stereocenters. The summed E-state index contributed by atoms with van der Waals surface area (Å²) in [5.74, 6) is -1.10. The van der Waals surface area contributed by atoms with Gasteiger partial charge in [-0.25, -0.2) is 4.79 Å². The van der Waals surface area contributed by atoms with Crippen molar-refractivity contribution in [2.45, 2.75) is 45.8 Å². The number of carboxylic acids is 1. The fourth-order valence-electron chi connectivity index (χ4n) is 2.36. The van der Waals surface area contributed by atoms with Crippen molar-refractivity contribution in [1.82, 2.24) is 15.6 Å². The van der Waals surface area contributed by atoms with Crippen LogP contribution in [0.5, 0.6) is 0 Å². The number of amides is 1. The van der Waals surface area contributed by atoms with E-state index in [2.05, 4.69) is 15.6 Å². The normalized spacial score (nSPS) is 24.0. The predicted octanol–water partition coefficient (Wildman–Crippen LogP) is -1.41. The van der Waals surface area contributed by atoms with Gasteiger partial charge in [0.05, 0.1) is 16.8 Å². The van der Waals surface area contributed by atoms with Crippen LogP contribution in [0.4, 0.5) is 0 Å². The fraction of sp³-hybridized carbons (Fsp3) is 0.533. The van der Waals surface area contributed by atoms with E-state index >= 15 is 0 Å². The van der Waals surface area contributed by atoms with Gasteiger partial charge in [-0.15, -0.1) is 0 Å². The first-order valence-electron chi connectivity index (χ1n) is 7.10. The van der Waals surface area contributed by atoms with Crippen molar-refractivity contribution in [3.8, 4) is 0 Å². The smallest absolute Gasteiger partial charge is 1.00 e. The Bertz CT molecular complexity index is 597. The molecule has 1 aliphatic rings. The summed E-state index contributed by atoms with van der Waals surface area (Å²) >= 11 is 0. The molecule has 1 aromatic heterocycles. The molecular weight excluding hydrogens is 293 g/mol. The molecule has 0 aromatic carbocycles. The molecule has 1 aliphatic heterocycles. The van der Waals surface area contributed by atoms with Crippen molar-refractivity contribution < 1.29 is 45.7 Å². The molecule has 6 nitrogen and oxygen atoms in total. The quantitative estimate of drug-likeness (QED) is 0.594.